The van der Waals surface area contributed by atoms with Crippen molar-refractivity contribution >= 4 is 11.6 Å². The summed E-state index contributed by atoms with van der Waals surface area (Å²) in [6, 6.07) is 4.93. The highest BCUT2D eigenvalue weighted by molar-refractivity contribution is 6.29. The van der Waals surface area contributed by atoms with Crippen LogP contribution in [0, 0.1) is 0 Å². The maximum Gasteiger partial charge on any atom is 0.251 e. The number of hydrogen-bond acceptors (Lipinski definition) is 3. The van der Waals surface area contributed by atoms with E-state index in [1.54, 1.807) is 18.3 Å². The molecular weight excluding hydrogens is 226 g/mol. The number of aryl methyl sites for hydroxylation is 1. The molecule has 0 fully saturated rings. The first-order chi connectivity index (χ1) is 7.69. The summed E-state index contributed by atoms with van der Waals surface area (Å²) < 4.78 is 0. The lowest BCUT2D eigenvalue weighted by Crippen LogP contribution is -2.09. The van der Waals surface area contributed by atoms with E-state index in [1.165, 1.54) is 6.07 Å². The van der Waals surface area contributed by atoms with Crippen LogP contribution < -0.4 is 5.56 Å². The van der Waals surface area contributed by atoms with Crippen molar-refractivity contribution in [2.24, 2.45) is 0 Å². The second-order valence-electron chi connectivity index (χ2n) is 3.31. The Hall–Kier alpha value is -1.68. The van der Waals surface area contributed by atoms with E-state index in [1.807, 2.05) is 6.92 Å². The SMILES string of the molecule is CCc1cc(=O)[nH]c(-c2ccc(Cl)nc2)n1. The maximum atomic E-state index is 11.4. The number of aromatic nitrogens is 3. The Balaban J connectivity index is 2.51. The fraction of sp³-hybridized carbons (Fsp3) is 0.182. The smallest absolute Gasteiger partial charge is 0.251 e. The normalized spacial score (nSPS) is 10.4. The quantitative estimate of drug-likeness (QED) is 0.811. The van der Waals surface area contributed by atoms with Gasteiger partial charge in [-0.05, 0) is 18.6 Å². The van der Waals surface area contributed by atoms with Gasteiger partial charge in [0.05, 0.1) is 0 Å². The average molecular weight is 236 g/mol. The molecule has 4 nitrogen and oxygen atoms in total. The van der Waals surface area contributed by atoms with Crippen LogP contribution in [0.2, 0.25) is 5.15 Å². The van der Waals surface area contributed by atoms with Gasteiger partial charge in [0.1, 0.15) is 11.0 Å². The number of pyridine rings is 1. The minimum absolute atomic E-state index is 0.156. The summed E-state index contributed by atoms with van der Waals surface area (Å²) in [5.74, 6) is 0.522. The first kappa shape index (κ1) is 10.8. The molecule has 0 saturated carbocycles. The van der Waals surface area contributed by atoms with Gasteiger partial charge in [-0.1, -0.05) is 18.5 Å². The van der Waals surface area contributed by atoms with Crippen LogP contribution >= 0.6 is 11.6 Å². The third-order valence-electron chi connectivity index (χ3n) is 2.16. The van der Waals surface area contributed by atoms with E-state index >= 15 is 0 Å². The number of nitrogens with zero attached hydrogens (tertiary/aromatic N) is 2. The molecule has 0 aromatic carbocycles. The Morgan fingerprint density at radius 1 is 1.44 bits per heavy atom. The summed E-state index contributed by atoms with van der Waals surface area (Å²) >= 11 is 5.69. The summed E-state index contributed by atoms with van der Waals surface area (Å²) in [5.41, 5.74) is 1.35. The summed E-state index contributed by atoms with van der Waals surface area (Å²) in [4.78, 5) is 22.3. The van der Waals surface area contributed by atoms with Crippen molar-refractivity contribution < 1.29 is 0 Å². The first-order valence-electron chi connectivity index (χ1n) is 4.91. The second kappa shape index (κ2) is 4.45. The molecule has 0 radical (unpaired) electrons. The van der Waals surface area contributed by atoms with Crippen LogP contribution in [0.5, 0.6) is 0 Å². The van der Waals surface area contributed by atoms with Gasteiger partial charge in [-0.15, -0.1) is 0 Å². The van der Waals surface area contributed by atoms with Gasteiger partial charge in [0.15, 0.2) is 0 Å². The fourth-order valence-corrected chi connectivity index (χ4v) is 1.45. The predicted octanol–water partition coefficient (Wildman–Crippen LogP) is 2.05. The summed E-state index contributed by atoms with van der Waals surface area (Å²) in [6.45, 7) is 1.95. The molecule has 0 aliphatic rings. The van der Waals surface area contributed by atoms with Gasteiger partial charge in [0.25, 0.3) is 5.56 Å². The third-order valence-corrected chi connectivity index (χ3v) is 2.38. The summed E-state index contributed by atoms with van der Waals surface area (Å²) in [6.07, 6.45) is 2.30. The predicted molar refractivity (Wildman–Crippen MR) is 62.5 cm³/mol. The zero-order valence-electron chi connectivity index (χ0n) is 8.70. The lowest BCUT2D eigenvalue weighted by atomic mass is 10.2. The molecule has 82 valence electrons. The molecule has 0 spiro atoms. The van der Waals surface area contributed by atoms with Gasteiger partial charge in [-0.3, -0.25) is 4.79 Å². The van der Waals surface area contributed by atoms with Crippen LogP contribution in [0.15, 0.2) is 29.2 Å². The van der Waals surface area contributed by atoms with Crippen molar-refractivity contribution in [1.29, 1.82) is 0 Å². The molecule has 1 N–H and O–H groups in total. The van der Waals surface area contributed by atoms with Crippen molar-refractivity contribution in [3.05, 3.63) is 45.6 Å². The highest BCUT2D eigenvalue weighted by Crippen LogP contribution is 2.14. The number of H-pyrrole nitrogens is 1. The molecule has 0 aliphatic heterocycles. The van der Waals surface area contributed by atoms with Crippen molar-refractivity contribution in [2.75, 3.05) is 0 Å². The molecular formula is C11H10ClN3O. The lowest BCUT2D eigenvalue weighted by molar-refractivity contribution is 0.986. The second-order valence-corrected chi connectivity index (χ2v) is 3.70. The highest BCUT2D eigenvalue weighted by atomic mass is 35.5. The van der Waals surface area contributed by atoms with E-state index in [0.29, 0.717) is 11.0 Å². The molecule has 2 rings (SSSR count). The number of nitrogens with one attached hydrogen (secondary N) is 1. The molecule has 0 unspecified atom stereocenters. The van der Waals surface area contributed by atoms with E-state index < -0.39 is 0 Å². The van der Waals surface area contributed by atoms with Crippen LogP contribution in [0.4, 0.5) is 0 Å². The maximum absolute atomic E-state index is 11.4. The first-order valence-corrected chi connectivity index (χ1v) is 5.29. The highest BCUT2D eigenvalue weighted by Gasteiger charge is 2.03. The summed E-state index contributed by atoms with van der Waals surface area (Å²) in [5, 5.41) is 0.415. The molecule has 5 heteroatoms. The number of aromatic amines is 1. The van der Waals surface area contributed by atoms with Gasteiger partial charge in [0, 0.05) is 23.5 Å². The number of rotatable bonds is 2. The molecule has 2 heterocycles. The fourth-order valence-electron chi connectivity index (χ4n) is 1.34. The number of halogens is 1. The van der Waals surface area contributed by atoms with Crippen LogP contribution in [0.1, 0.15) is 12.6 Å². The van der Waals surface area contributed by atoms with Gasteiger partial charge in [0.2, 0.25) is 0 Å². The average Bonchev–Trinajstić information content (AvgIpc) is 2.29. The standard InChI is InChI=1S/C11H10ClN3O/c1-2-8-5-10(16)15-11(14-8)7-3-4-9(12)13-6-7/h3-6H,2H2,1H3,(H,14,15,16). The Kier molecular flexibility index (Phi) is 3.01. The van der Waals surface area contributed by atoms with Crippen molar-refractivity contribution in [2.45, 2.75) is 13.3 Å². The molecule has 2 aromatic heterocycles. The zero-order chi connectivity index (χ0) is 11.5. The molecule has 0 atom stereocenters. The molecule has 16 heavy (non-hydrogen) atoms. The largest absolute Gasteiger partial charge is 0.306 e. The molecule has 0 saturated heterocycles. The van der Waals surface area contributed by atoms with Gasteiger partial charge < -0.3 is 4.98 Å². The van der Waals surface area contributed by atoms with E-state index in [9.17, 15) is 4.79 Å². The van der Waals surface area contributed by atoms with Crippen LogP contribution in [-0.4, -0.2) is 15.0 Å². The van der Waals surface area contributed by atoms with Crippen molar-refractivity contribution in [3.8, 4) is 11.4 Å². The van der Waals surface area contributed by atoms with E-state index in [0.717, 1.165) is 17.7 Å². The molecule has 0 bridgehead atoms. The number of hydrogen-bond donors (Lipinski definition) is 1. The molecule has 2 aromatic rings. The van der Waals surface area contributed by atoms with E-state index in [-0.39, 0.29) is 5.56 Å². The Labute approximate surface area is 97.3 Å². The minimum Gasteiger partial charge on any atom is -0.306 e. The van der Waals surface area contributed by atoms with Crippen LogP contribution in [0.25, 0.3) is 11.4 Å². The molecule has 0 amide bonds. The Morgan fingerprint density at radius 3 is 2.88 bits per heavy atom. The van der Waals surface area contributed by atoms with Crippen LogP contribution in [-0.2, 0) is 6.42 Å². The third kappa shape index (κ3) is 2.28. The van der Waals surface area contributed by atoms with Crippen LogP contribution in [0.3, 0.4) is 0 Å². The Morgan fingerprint density at radius 2 is 2.25 bits per heavy atom. The topological polar surface area (TPSA) is 58.6 Å². The molecule has 0 aliphatic carbocycles. The summed E-state index contributed by atoms with van der Waals surface area (Å²) in [7, 11) is 0. The monoisotopic (exact) mass is 235 g/mol. The minimum atomic E-state index is -0.156. The lowest BCUT2D eigenvalue weighted by Gasteiger charge is -2.02. The van der Waals surface area contributed by atoms with Crippen molar-refractivity contribution in [3.63, 3.8) is 0 Å². The Bertz CT molecular complexity index is 548. The van der Waals surface area contributed by atoms with Gasteiger partial charge in [-0.2, -0.15) is 0 Å². The van der Waals surface area contributed by atoms with Gasteiger partial charge in [-0.25, -0.2) is 9.97 Å². The van der Waals surface area contributed by atoms with E-state index in [4.69, 9.17) is 11.6 Å². The van der Waals surface area contributed by atoms with E-state index in [2.05, 4.69) is 15.0 Å². The van der Waals surface area contributed by atoms with Crippen molar-refractivity contribution in [1.82, 2.24) is 15.0 Å². The zero-order valence-corrected chi connectivity index (χ0v) is 9.45. The van der Waals surface area contributed by atoms with Gasteiger partial charge >= 0.3 is 0 Å².